The molecule has 1 aliphatic carbocycles. The highest BCUT2D eigenvalue weighted by Gasteiger charge is 2.20. The van der Waals surface area contributed by atoms with E-state index in [4.69, 9.17) is 4.74 Å². The Balaban J connectivity index is 1.49. The number of amides is 1. The molecule has 0 aromatic carbocycles. The van der Waals surface area contributed by atoms with Crippen LogP contribution in [0.4, 0.5) is 5.69 Å². The Bertz CT molecular complexity index is 1110. The normalized spacial score (nSPS) is 13.3. The average molecular weight is 418 g/mol. The molecule has 4 rings (SSSR count). The van der Waals surface area contributed by atoms with Crippen LogP contribution in [0, 0.1) is 0 Å². The van der Waals surface area contributed by atoms with Crippen LogP contribution in [0.2, 0.25) is 0 Å². The van der Waals surface area contributed by atoms with Gasteiger partial charge in [-0.25, -0.2) is 9.78 Å². The fourth-order valence-electron chi connectivity index (χ4n) is 3.43. The molecule has 7 nitrogen and oxygen atoms in total. The van der Waals surface area contributed by atoms with E-state index in [1.54, 1.807) is 22.8 Å². The van der Waals surface area contributed by atoms with Crippen LogP contribution in [-0.4, -0.2) is 28.5 Å². The number of esters is 1. The van der Waals surface area contributed by atoms with Gasteiger partial charge in [-0.15, -0.1) is 22.7 Å². The molecule has 0 atom stereocenters. The summed E-state index contributed by atoms with van der Waals surface area (Å²) in [5.74, 6) is -0.763. The Hall–Kier alpha value is -2.52. The van der Waals surface area contributed by atoms with Gasteiger partial charge in [-0.1, -0.05) is 0 Å². The van der Waals surface area contributed by atoms with E-state index in [0.29, 0.717) is 16.0 Å². The summed E-state index contributed by atoms with van der Waals surface area (Å²) in [5.41, 5.74) is 1.49. The summed E-state index contributed by atoms with van der Waals surface area (Å²) in [6.07, 6.45) is 5.82. The second kappa shape index (κ2) is 7.84. The van der Waals surface area contributed by atoms with Crippen molar-refractivity contribution in [3.8, 4) is 0 Å². The maximum atomic E-state index is 12.9. The number of hydrogen-bond donors (Lipinski definition) is 1. The van der Waals surface area contributed by atoms with Crippen molar-refractivity contribution in [1.29, 1.82) is 0 Å². The predicted octanol–water partition coefficient (Wildman–Crippen LogP) is 3.21. The van der Waals surface area contributed by atoms with Gasteiger partial charge in [0.25, 0.3) is 5.56 Å². The molecular weight excluding hydrogens is 398 g/mol. The van der Waals surface area contributed by atoms with Crippen molar-refractivity contribution < 1.29 is 14.3 Å². The summed E-state index contributed by atoms with van der Waals surface area (Å²) >= 11 is 2.81. The minimum atomic E-state index is -0.488. The standard InChI is InChI=1S/C19H19N3O4S2/c1-26-19(25)16-12(7-9-27-16)21-14(23)6-8-22-10-20-17-15(18(22)24)11-4-2-3-5-13(11)28-17/h7,9-10H,2-6,8H2,1H3,(H,21,23). The molecule has 0 saturated heterocycles. The van der Waals surface area contributed by atoms with E-state index < -0.39 is 5.97 Å². The van der Waals surface area contributed by atoms with Gasteiger partial charge in [0.2, 0.25) is 5.91 Å². The highest BCUT2D eigenvalue weighted by Crippen LogP contribution is 2.33. The van der Waals surface area contributed by atoms with Gasteiger partial charge in [0, 0.05) is 17.8 Å². The van der Waals surface area contributed by atoms with Crippen LogP contribution in [-0.2, 0) is 28.9 Å². The smallest absolute Gasteiger partial charge is 0.350 e. The third-order valence-corrected chi connectivity index (χ3v) is 6.93. The molecule has 1 N–H and O–H groups in total. The number of anilines is 1. The van der Waals surface area contributed by atoms with Crippen LogP contribution in [0.15, 0.2) is 22.6 Å². The summed E-state index contributed by atoms with van der Waals surface area (Å²) in [6, 6.07) is 1.66. The van der Waals surface area contributed by atoms with Gasteiger partial charge in [0.05, 0.1) is 24.5 Å². The number of nitrogens with zero attached hydrogens (tertiary/aromatic N) is 2. The third-order valence-electron chi connectivity index (χ3n) is 4.83. The number of carbonyl (C=O) groups is 2. The molecular formula is C19H19N3O4S2. The van der Waals surface area contributed by atoms with Crippen molar-refractivity contribution in [2.75, 3.05) is 12.4 Å². The first-order valence-electron chi connectivity index (χ1n) is 9.04. The first-order valence-corrected chi connectivity index (χ1v) is 10.7. The molecule has 0 unspecified atom stereocenters. The van der Waals surface area contributed by atoms with Crippen LogP contribution >= 0.6 is 22.7 Å². The number of methoxy groups -OCH3 is 1. The van der Waals surface area contributed by atoms with Crippen molar-refractivity contribution in [3.63, 3.8) is 0 Å². The first kappa shape index (κ1) is 18.8. The molecule has 0 spiro atoms. The van der Waals surface area contributed by atoms with Gasteiger partial charge in [-0.2, -0.15) is 0 Å². The lowest BCUT2D eigenvalue weighted by atomic mass is 9.97. The van der Waals surface area contributed by atoms with Gasteiger partial charge in [0.15, 0.2) is 0 Å². The van der Waals surface area contributed by atoms with E-state index in [-0.39, 0.29) is 24.4 Å². The largest absolute Gasteiger partial charge is 0.465 e. The maximum Gasteiger partial charge on any atom is 0.350 e. The minimum absolute atomic E-state index is 0.0806. The minimum Gasteiger partial charge on any atom is -0.465 e. The lowest BCUT2D eigenvalue weighted by Crippen LogP contribution is -2.24. The van der Waals surface area contributed by atoms with Gasteiger partial charge < -0.3 is 10.1 Å². The lowest BCUT2D eigenvalue weighted by Gasteiger charge is -2.10. The molecule has 0 saturated carbocycles. The van der Waals surface area contributed by atoms with E-state index in [0.717, 1.165) is 36.1 Å². The summed E-state index contributed by atoms with van der Waals surface area (Å²) < 4.78 is 6.21. The van der Waals surface area contributed by atoms with E-state index in [2.05, 4.69) is 10.3 Å². The molecule has 1 amide bonds. The van der Waals surface area contributed by atoms with Crippen LogP contribution in [0.5, 0.6) is 0 Å². The second-order valence-electron chi connectivity index (χ2n) is 6.59. The number of aryl methyl sites for hydroxylation is 3. The Morgan fingerprint density at radius 2 is 2.14 bits per heavy atom. The fourth-order valence-corrected chi connectivity index (χ4v) is 5.42. The van der Waals surface area contributed by atoms with E-state index in [1.807, 2.05) is 0 Å². The SMILES string of the molecule is COC(=O)c1sccc1NC(=O)CCn1cnc2sc3c(c2c1=O)CCCC3. The number of nitrogens with one attached hydrogen (secondary N) is 1. The monoisotopic (exact) mass is 417 g/mol. The van der Waals surface area contributed by atoms with Gasteiger partial charge >= 0.3 is 5.97 Å². The molecule has 0 radical (unpaired) electrons. The number of rotatable bonds is 5. The van der Waals surface area contributed by atoms with Crippen LogP contribution in [0.1, 0.15) is 39.4 Å². The second-order valence-corrected chi connectivity index (χ2v) is 8.59. The van der Waals surface area contributed by atoms with E-state index in [9.17, 15) is 14.4 Å². The number of aromatic nitrogens is 2. The van der Waals surface area contributed by atoms with Crippen molar-refractivity contribution in [1.82, 2.24) is 9.55 Å². The Labute approximate surface area is 169 Å². The lowest BCUT2D eigenvalue weighted by molar-refractivity contribution is -0.116. The Kier molecular flexibility index (Phi) is 5.27. The zero-order chi connectivity index (χ0) is 19.7. The molecule has 0 fully saturated rings. The number of hydrogen-bond acceptors (Lipinski definition) is 7. The zero-order valence-electron chi connectivity index (χ0n) is 15.3. The molecule has 3 heterocycles. The molecule has 3 aromatic rings. The number of thiophene rings is 2. The summed E-state index contributed by atoms with van der Waals surface area (Å²) in [6.45, 7) is 0.232. The van der Waals surface area contributed by atoms with Crippen LogP contribution in [0.25, 0.3) is 10.2 Å². The predicted molar refractivity (Wildman–Crippen MR) is 109 cm³/mol. The van der Waals surface area contributed by atoms with Crippen molar-refractivity contribution >= 4 is 50.5 Å². The fraction of sp³-hybridized carbons (Fsp3) is 0.368. The topological polar surface area (TPSA) is 90.3 Å². The number of fused-ring (bicyclic) bond motifs is 3. The molecule has 0 bridgehead atoms. The van der Waals surface area contributed by atoms with E-state index in [1.165, 1.54) is 34.2 Å². The molecule has 3 aromatic heterocycles. The summed E-state index contributed by atoms with van der Waals surface area (Å²) in [5, 5.41) is 5.14. The van der Waals surface area contributed by atoms with Crippen molar-refractivity contribution in [2.24, 2.45) is 0 Å². The highest BCUT2D eigenvalue weighted by molar-refractivity contribution is 7.18. The molecule has 1 aliphatic rings. The first-order chi connectivity index (χ1) is 13.6. The Morgan fingerprint density at radius 1 is 1.32 bits per heavy atom. The zero-order valence-corrected chi connectivity index (χ0v) is 17.0. The Morgan fingerprint density at radius 3 is 2.96 bits per heavy atom. The average Bonchev–Trinajstić information content (AvgIpc) is 3.31. The van der Waals surface area contributed by atoms with Crippen molar-refractivity contribution in [3.05, 3.63) is 43.4 Å². The molecule has 0 aliphatic heterocycles. The molecule has 9 heteroatoms. The third kappa shape index (κ3) is 3.47. The number of carbonyl (C=O) groups excluding carboxylic acids is 2. The summed E-state index contributed by atoms with van der Waals surface area (Å²) in [4.78, 5) is 43.8. The van der Waals surface area contributed by atoms with Crippen molar-refractivity contribution in [2.45, 2.75) is 38.6 Å². The quantitative estimate of drug-likeness (QED) is 0.644. The van der Waals surface area contributed by atoms with E-state index >= 15 is 0 Å². The number of ether oxygens (including phenoxy) is 1. The summed E-state index contributed by atoms with van der Waals surface area (Å²) in [7, 11) is 1.30. The van der Waals surface area contributed by atoms with Crippen LogP contribution < -0.4 is 10.9 Å². The highest BCUT2D eigenvalue weighted by atomic mass is 32.1. The molecule has 28 heavy (non-hydrogen) atoms. The van der Waals surface area contributed by atoms with Gasteiger partial charge in [-0.05, 0) is 42.7 Å². The van der Waals surface area contributed by atoms with Gasteiger partial charge in [0.1, 0.15) is 9.71 Å². The van der Waals surface area contributed by atoms with Gasteiger partial charge in [-0.3, -0.25) is 14.2 Å². The van der Waals surface area contributed by atoms with Crippen LogP contribution in [0.3, 0.4) is 0 Å². The molecule has 146 valence electrons. The maximum absolute atomic E-state index is 12.9.